The van der Waals surface area contributed by atoms with Crippen LogP contribution in [0, 0.1) is 0 Å². The smallest absolute Gasteiger partial charge is 0.231 e. The maximum atomic E-state index is 11.1. The van der Waals surface area contributed by atoms with Gasteiger partial charge in [0, 0.05) is 24.5 Å². The number of nitrogens with one attached hydrogen (secondary N) is 2. The highest BCUT2D eigenvalue weighted by molar-refractivity contribution is 7.92. The van der Waals surface area contributed by atoms with Gasteiger partial charge in [-0.3, -0.25) is 4.72 Å². The lowest BCUT2D eigenvalue weighted by atomic mass is 10.1. The fraction of sp³-hybridized carbons (Fsp3) is 0.375. The number of aromatic nitrogens is 2. The second-order valence-electron chi connectivity index (χ2n) is 5.90. The van der Waals surface area contributed by atoms with Crippen LogP contribution in [0.5, 0.6) is 0 Å². The van der Waals surface area contributed by atoms with Gasteiger partial charge in [-0.25, -0.2) is 8.42 Å². The van der Waals surface area contributed by atoms with Crippen molar-refractivity contribution in [3.05, 3.63) is 36.4 Å². The Morgan fingerprint density at radius 1 is 0.917 bits per heavy atom. The molecule has 0 amide bonds. The van der Waals surface area contributed by atoms with Gasteiger partial charge < -0.3 is 10.2 Å². The summed E-state index contributed by atoms with van der Waals surface area (Å²) in [6.45, 7) is 2.24. The van der Waals surface area contributed by atoms with Crippen molar-refractivity contribution in [3.8, 4) is 0 Å². The molecule has 24 heavy (non-hydrogen) atoms. The first-order valence-electron chi connectivity index (χ1n) is 7.93. The van der Waals surface area contributed by atoms with E-state index in [2.05, 4.69) is 37.3 Å². The van der Waals surface area contributed by atoms with Crippen LogP contribution in [0.15, 0.2) is 36.4 Å². The summed E-state index contributed by atoms with van der Waals surface area (Å²) >= 11 is 0. The molecule has 0 spiro atoms. The molecule has 8 heteroatoms. The van der Waals surface area contributed by atoms with Crippen molar-refractivity contribution in [1.29, 1.82) is 0 Å². The predicted octanol–water partition coefficient (Wildman–Crippen LogP) is 2.58. The van der Waals surface area contributed by atoms with Crippen molar-refractivity contribution in [3.63, 3.8) is 0 Å². The molecule has 0 aliphatic carbocycles. The number of nitrogens with zero attached hydrogens (tertiary/aromatic N) is 3. The molecule has 0 unspecified atom stereocenters. The van der Waals surface area contributed by atoms with Crippen molar-refractivity contribution >= 4 is 33.0 Å². The Labute approximate surface area is 142 Å². The summed E-state index contributed by atoms with van der Waals surface area (Å²) in [5, 5.41) is 11.0. The van der Waals surface area contributed by atoms with E-state index in [0.717, 1.165) is 25.0 Å². The van der Waals surface area contributed by atoms with E-state index < -0.39 is 10.0 Å². The summed E-state index contributed by atoms with van der Waals surface area (Å²) < 4.78 is 24.6. The molecular weight excluding hydrogens is 326 g/mol. The Balaban J connectivity index is 1.63. The molecule has 2 aromatic rings. The molecule has 128 valence electrons. The molecule has 2 N–H and O–H groups in total. The van der Waals surface area contributed by atoms with E-state index in [9.17, 15) is 8.42 Å². The maximum Gasteiger partial charge on any atom is 0.231 e. The Hall–Kier alpha value is -2.35. The minimum Gasteiger partial charge on any atom is -0.372 e. The number of hydrogen-bond acceptors (Lipinski definition) is 6. The SMILES string of the molecule is CS(=O)(=O)Nc1ccc(Nc2ccc(N3CCCCC3)cc2)nn1. The highest BCUT2D eigenvalue weighted by Gasteiger charge is 2.10. The predicted molar refractivity (Wildman–Crippen MR) is 96.3 cm³/mol. The average Bonchev–Trinajstić information content (AvgIpc) is 2.57. The summed E-state index contributed by atoms with van der Waals surface area (Å²) in [4.78, 5) is 2.40. The molecule has 3 rings (SSSR count). The molecule has 1 saturated heterocycles. The van der Waals surface area contributed by atoms with Crippen molar-refractivity contribution in [2.45, 2.75) is 19.3 Å². The normalized spacial score (nSPS) is 15.1. The lowest BCUT2D eigenvalue weighted by Gasteiger charge is -2.28. The van der Waals surface area contributed by atoms with Crippen LogP contribution < -0.4 is 14.9 Å². The van der Waals surface area contributed by atoms with Crippen LogP contribution in [0.1, 0.15) is 19.3 Å². The van der Waals surface area contributed by atoms with Gasteiger partial charge in [-0.1, -0.05) is 0 Å². The third kappa shape index (κ3) is 4.58. The first-order chi connectivity index (χ1) is 11.5. The van der Waals surface area contributed by atoms with E-state index in [4.69, 9.17) is 0 Å². The molecule has 7 nitrogen and oxygen atoms in total. The van der Waals surface area contributed by atoms with Crippen LogP contribution in [-0.2, 0) is 10.0 Å². The highest BCUT2D eigenvalue weighted by atomic mass is 32.2. The second-order valence-corrected chi connectivity index (χ2v) is 7.65. The van der Waals surface area contributed by atoms with Crippen LogP contribution in [0.2, 0.25) is 0 Å². The molecule has 1 aliphatic heterocycles. The number of sulfonamides is 1. The summed E-state index contributed by atoms with van der Waals surface area (Å²) in [6.07, 6.45) is 4.90. The molecule has 0 radical (unpaired) electrons. The van der Waals surface area contributed by atoms with Gasteiger partial charge in [0.05, 0.1) is 6.26 Å². The monoisotopic (exact) mass is 347 g/mol. The van der Waals surface area contributed by atoms with Gasteiger partial charge in [-0.05, 0) is 55.7 Å². The molecule has 2 heterocycles. The summed E-state index contributed by atoms with van der Waals surface area (Å²) in [5.74, 6) is 0.753. The molecule has 1 aliphatic rings. The molecule has 1 aromatic carbocycles. The van der Waals surface area contributed by atoms with E-state index in [0.29, 0.717) is 5.82 Å². The largest absolute Gasteiger partial charge is 0.372 e. The topological polar surface area (TPSA) is 87.2 Å². The number of hydrogen-bond donors (Lipinski definition) is 2. The van der Waals surface area contributed by atoms with Crippen molar-refractivity contribution in [2.75, 3.05) is 34.3 Å². The van der Waals surface area contributed by atoms with Crippen LogP contribution in [0.3, 0.4) is 0 Å². The molecule has 0 saturated carbocycles. The number of rotatable bonds is 5. The zero-order valence-corrected chi connectivity index (χ0v) is 14.4. The first kappa shape index (κ1) is 16.5. The third-order valence-electron chi connectivity index (χ3n) is 3.82. The standard InChI is InChI=1S/C16H21N5O2S/c1-24(22,23)20-16-10-9-15(18-19-16)17-13-5-7-14(8-6-13)21-11-3-2-4-12-21/h5-10H,2-4,11-12H2,1H3,(H,17,18)(H,19,20). The van der Waals surface area contributed by atoms with E-state index in [1.165, 1.54) is 24.9 Å². The van der Waals surface area contributed by atoms with Gasteiger partial charge in [-0.15, -0.1) is 10.2 Å². The minimum atomic E-state index is -3.34. The zero-order valence-electron chi connectivity index (χ0n) is 13.6. The van der Waals surface area contributed by atoms with Crippen LogP contribution in [0.25, 0.3) is 0 Å². The first-order valence-corrected chi connectivity index (χ1v) is 9.82. The van der Waals surface area contributed by atoms with Gasteiger partial charge >= 0.3 is 0 Å². The van der Waals surface area contributed by atoms with Gasteiger partial charge in [0.2, 0.25) is 10.0 Å². The van der Waals surface area contributed by atoms with Crippen LogP contribution in [-0.4, -0.2) is 38.0 Å². The van der Waals surface area contributed by atoms with E-state index >= 15 is 0 Å². The molecule has 0 bridgehead atoms. The Morgan fingerprint density at radius 2 is 1.54 bits per heavy atom. The Bertz CT molecular complexity index is 769. The summed E-state index contributed by atoms with van der Waals surface area (Å²) in [7, 11) is -3.34. The molecular formula is C16H21N5O2S. The number of anilines is 4. The van der Waals surface area contributed by atoms with Gasteiger partial charge in [0.15, 0.2) is 11.6 Å². The lowest BCUT2D eigenvalue weighted by molar-refractivity contribution is 0.578. The number of benzene rings is 1. The Morgan fingerprint density at radius 3 is 2.12 bits per heavy atom. The van der Waals surface area contributed by atoms with Gasteiger partial charge in [0.25, 0.3) is 0 Å². The van der Waals surface area contributed by atoms with Crippen molar-refractivity contribution < 1.29 is 8.42 Å². The fourth-order valence-corrected chi connectivity index (χ4v) is 3.19. The fourth-order valence-electron chi connectivity index (χ4n) is 2.70. The highest BCUT2D eigenvalue weighted by Crippen LogP contribution is 2.23. The van der Waals surface area contributed by atoms with E-state index in [-0.39, 0.29) is 5.82 Å². The second kappa shape index (κ2) is 7.04. The maximum absolute atomic E-state index is 11.1. The molecule has 1 aromatic heterocycles. The van der Waals surface area contributed by atoms with Crippen LogP contribution in [0.4, 0.5) is 23.0 Å². The lowest BCUT2D eigenvalue weighted by Crippen LogP contribution is -2.29. The molecule has 0 atom stereocenters. The van der Waals surface area contributed by atoms with Crippen molar-refractivity contribution in [2.24, 2.45) is 0 Å². The quantitative estimate of drug-likeness (QED) is 0.864. The van der Waals surface area contributed by atoms with Crippen molar-refractivity contribution in [1.82, 2.24) is 10.2 Å². The van der Waals surface area contributed by atoms with Gasteiger partial charge in [-0.2, -0.15) is 0 Å². The van der Waals surface area contributed by atoms with E-state index in [1.54, 1.807) is 12.1 Å². The Kier molecular flexibility index (Phi) is 4.84. The minimum absolute atomic E-state index is 0.198. The van der Waals surface area contributed by atoms with E-state index in [1.807, 2.05) is 12.1 Å². The number of piperidine rings is 1. The third-order valence-corrected chi connectivity index (χ3v) is 4.40. The molecule has 1 fully saturated rings. The average molecular weight is 347 g/mol. The zero-order chi connectivity index (χ0) is 17.0. The van der Waals surface area contributed by atoms with Crippen LogP contribution >= 0.6 is 0 Å². The van der Waals surface area contributed by atoms with Gasteiger partial charge in [0.1, 0.15) is 0 Å². The summed E-state index contributed by atoms with van der Waals surface area (Å²) in [6, 6.07) is 11.5. The summed E-state index contributed by atoms with van der Waals surface area (Å²) in [5.41, 5.74) is 2.15.